The van der Waals surface area contributed by atoms with Crippen LogP contribution in [0.4, 0.5) is 0 Å². The lowest BCUT2D eigenvalue weighted by Gasteiger charge is -2.15. The van der Waals surface area contributed by atoms with Gasteiger partial charge in [-0.3, -0.25) is 0 Å². The topological polar surface area (TPSA) is 71.8 Å². The molecule has 1 heterocycles. The number of allylic oxidation sites excluding steroid dienone is 1. The maximum absolute atomic E-state index is 10.3. The molecule has 27 heavy (non-hydrogen) atoms. The number of aromatic nitrogens is 1. The van der Waals surface area contributed by atoms with Gasteiger partial charge in [-0.25, -0.2) is 4.98 Å². The molecule has 0 bridgehead atoms. The zero-order valence-corrected chi connectivity index (χ0v) is 16.0. The fourth-order valence-corrected chi connectivity index (χ4v) is 4.28. The lowest BCUT2D eigenvalue weighted by molar-refractivity contribution is 0.230. The Hall–Kier alpha value is -2.57. The molecule has 4 rings (SSSR count). The normalized spacial score (nSPS) is 16.9. The SMILES string of the molecule is CCc1ccc(Oc2nc3ccc(OC)cc3s2)cc1C1=C(O)CCC1O. The molecule has 1 atom stereocenters. The number of aliphatic hydroxyl groups excluding tert-OH is 2. The molecule has 2 aromatic carbocycles. The number of aryl methyl sites for hydroxylation is 1. The van der Waals surface area contributed by atoms with Gasteiger partial charge < -0.3 is 19.7 Å². The summed E-state index contributed by atoms with van der Waals surface area (Å²) in [5.41, 5.74) is 3.39. The number of ether oxygens (including phenoxy) is 2. The number of rotatable bonds is 5. The fourth-order valence-electron chi connectivity index (χ4n) is 3.41. The minimum atomic E-state index is -0.638. The molecule has 0 fully saturated rings. The number of hydrogen-bond acceptors (Lipinski definition) is 6. The summed E-state index contributed by atoms with van der Waals surface area (Å²) in [7, 11) is 1.64. The van der Waals surface area contributed by atoms with E-state index >= 15 is 0 Å². The van der Waals surface area contributed by atoms with Crippen LogP contribution in [0.1, 0.15) is 30.9 Å². The van der Waals surface area contributed by atoms with E-state index in [-0.39, 0.29) is 5.76 Å². The van der Waals surface area contributed by atoms with E-state index in [1.54, 1.807) is 7.11 Å². The molecule has 1 aliphatic rings. The predicted molar refractivity (Wildman–Crippen MR) is 107 cm³/mol. The number of aliphatic hydroxyl groups is 2. The van der Waals surface area contributed by atoms with Crippen molar-refractivity contribution < 1.29 is 19.7 Å². The van der Waals surface area contributed by atoms with Gasteiger partial charge in [0.15, 0.2) is 0 Å². The van der Waals surface area contributed by atoms with E-state index in [0.29, 0.717) is 29.4 Å². The van der Waals surface area contributed by atoms with Gasteiger partial charge in [-0.05, 0) is 54.3 Å². The van der Waals surface area contributed by atoms with Crippen LogP contribution in [0.5, 0.6) is 16.7 Å². The largest absolute Gasteiger partial charge is 0.512 e. The van der Waals surface area contributed by atoms with Gasteiger partial charge in [0.2, 0.25) is 0 Å². The third kappa shape index (κ3) is 3.38. The van der Waals surface area contributed by atoms with E-state index in [1.165, 1.54) is 11.3 Å². The maximum atomic E-state index is 10.3. The summed E-state index contributed by atoms with van der Waals surface area (Å²) in [4.78, 5) is 4.51. The summed E-state index contributed by atoms with van der Waals surface area (Å²) in [6.07, 6.45) is 1.22. The molecule has 1 aliphatic carbocycles. The zero-order valence-electron chi connectivity index (χ0n) is 15.2. The second kappa shape index (κ2) is 7.21. The Bertz CT molecular complexity index is 1020. The molecular weight excluding hydrogens is 362 g/mol. The molecule has 1 unspecified atom stereocenters. The summed E-state index contributed by atoms with van der Waals surface area (Å²) in [6, 6.07) is 11.5. The van der Waals surface area contributed by atoms with Crippen molar-refractivity contribution in [1.82, 2.24) is 4.98 Å². The molecule has 3 aromatic rings. The van der Waals surface area contributed by atoms with Crippen LogP contribution in [0.25, 0.3) is 15.8 Å². The Balaban J connectivity index is 1.69. The number of thiazole rings is 1. The first-order chi connectivity index (χ1) is 13.1. The number of fused-ring (bicyclic) bond motifs is 1. The second-order valence-electron chi connectivity index (χ2n) is 6.50. The quantitative estimate of drug-likeness (QED) is 0.643. The maximum Gasteiger partial charge on any atom is 0.279 e. The first kappa shape index (κ1) is 17.8. The highest BCUT2D eigenvalue weighted by molar-refractivity contribution is 7.20. The van der Waals surface area contributed by atoms with E-state index in [0.717, 1.165) is 33.5 Å². The molecule has 0 radical (unpaired) electrons. The van der Waals surface area contributed by atoms with Crippen LogP contribution in [-0.2, 0) is 6.42 Å². The Kier molecular flexibility index (Phi) is 4.76. The van der Waals surface area contributed by atoms with Gasteiger partial charge in [-0.2, -0.15) is 0 Å². The Morgan fingerprint density at radius 1 is 1.19 bits per heavy atom. The van der Waals surface area contributed by atoms with Crippen molar-refractivity contribution in [3.63, 3.8) is 0 Å². The zero-order chi connectivity index (χ0) is 19.0. The fraction of sp³-hybridized carbons (Fsp3) is 0.286. The summed E-state index contributed by atoms with van der Waals surface area (Å²) in [5, 5.41) is 21.0. The van der Waals surface area contributed by atoms with Crippen LogP contribution in [0, 0.1) is 0 Å². The third-order valence-corrected chi connectivity index (χ3v) is 5.73. The van der Waals surface area contributed by atoms with E-state index in [4.69, 9.17) is 9.47 Å². The minimum Gasteiger partial charge on any atom is -0.512 e. The highest BCUT2D eigenvalue weighted by Crippen LogP contribution is 2.38. The molecule has 5 nitrogen and oxygen atoms in total. The van der Waals surface area contributed by atoms with Crippen molar-refractivity contribution in [3.8, 4) is 16.7 Å². The smallest absolute Gasteiger partial charge is 0.279 e. The number of nitrogens with zero attached hydrogens (tertiary/aromatic N) is 1. The van der Waals surface area contributed by atoms with Crippen LogP contribution >= 0.6 is 11.3 Å². The summed E-state index contributed by atoms with van der Waals surface area (Å²) in [5.74, 6) is 1.68. The average molecular weight is 383 g/mol. The Labute approximate surface area is 161 Å². The molecule has 6 heteroatoms. The van der Waals surface area contributed by atoms with Gasteiger partial charge in [0.05, 0.1) is 29.2 Å². The predicted octanol–water partition coefficient (Wildman–Crippen LogP) is 5.08. The molecule has 0 spiro atoms. The van der Waals surface area contributed by atoms with Gasteiger partial charge in [0, 0.05) is 12.0 Å². The van der Waals surface area contributed by atoms with E-state index in [9.17, 15) is 10.2 Å². The number of hydrogen-bond donors (Lipinski definition) is 2. The first-order valence-electron chi connectivity index (χ1n) is 8.95. The summed E-state index contributed by atoms with van der Waals surface area (Å²) >= 11 is 1.45. The van der Waals surface area contributed by atoms with Crippen molar-refractivity contribution in [1.29, 1.82) is 0 Å². The highest BCUT2D eigenvalue weighted by Gasteiger charge is 2.26. The summed E-state index contributed by atoms with van der Waals surface area (Å²) in [6.45, 7) is 2.05. The van der Waals surface area contributed by atoms with Gasteiger partial charge in [0.25, 0.3) is 5.19 Å². The second-order valence-corrected chi connectivity index (χ2v) is 7.50. The van der Waals surface area contributed by atoms with Crippen molar-refractivity contribution in [2.75, 3.05) is 7.11 Å². The third-order valence-electron chi connectivity index (χ3n) is 4.83. The average Bonchev–Trinajstić information content (AvgIpc) is 3.22. The van der Waals surface area contributed by atoms with Crippen LogP contribution in [0.15, 0.2) is 42.2 Å². The van der Waals surface area contributed by atoms with Crippen molar-refractivity contribution in [2.24, 2.45) is 0 Å². The highest BCUT2D eigenvalue weighted by atomic mass is 32.1. The molecule has 1 aromatic heterocycles. The summed E-state index contributed by atoms with van der Waals surface area (Å²) < 4.78 is 12.2. The molecule has 2 N–H and O–H groups in total. The van der Waals surface area contributed by atoms with E-state index in [2.05, 4.69) is 11.9 Å². The molecule has 0 saturated heterocycles. The van der Waals surface area contributed by atoms with Gasteiger partial charge in [-0.15, -0.1) is 0 Å². The number of benzene rings is 2. The van der Waals surface area contributed by atoms with Crippen molar-refractivity contribution in [2.45, 2.75) is 32.3 Å². The van der Waals surface area contributed by atoms with Gasteiger partial charge in [-0.1, -0.05) is 24.3 Å². The Morgan fingerprint density at radius 2 is 2.00 bits per heavy atom. The molecule has 0 amide bonds. The van der Waals surface area contributed by atoms with Gasteiger partial charge >= 0.3 is 0 Å². The molecular formula is C21H21NO4S. The van der Waals surface area contributed by atoms with E-state index in [1.807, 2.05) is 36.4 Å². The Morgan fingerprint density at radius 3 is 2.70 bits per heavy atom. The van der Waals surface area contributed by atoms with Crippen LogP contribution in [-0.4, -0.2) is 28.4 Å². The lowest BCUT2D eigenvalue weighted by atomic mass is 9.95. The van der Waals surface area contributed by atoms with Crippen molar-refractivity contribution in [3.05, 3.63) is 53.3 Å². The van der Waals surface area contributed by atoms with Crippen LogP contribution < -0.4 is 9.47 Å². The molecule has 0 aliphatic heterocycles. The lowest BCUT2D eigenvalue weighted by Crippen LogP contribution is -2.06. The monoisotopic (exact) mass is 383 g/mol. The standard InChI is InChI=1S/C21H21NO4S/c1-3-12-4-5-14(10-15(12)20-17(23)8-9-18(20)24)26-21-22-16-7-6-13(25-2)11-19(16)27-21/h4-7,10-11,17,23-24H,3,8-9H2,1-2H3. The number of methoxy groups -OCH3 is 1. The van der Waals surface area contributed by atoms with Crippen LogP contribution in [0.3, 0.4) is 0 Å². The minimum absolute atomic E-state index is 0.265. The molecule has 0 saturated carbocycles. The van der Waals surface area contributed by atoms with E-state index < -0.39 is 6.10 Å². The first-order valence-corrected chi connectivity index (χ1v) is 9.76. The van der Waals surface area contributed by atoms with Crippen molar-refractivity contribution >= 4 is 27.1 Å². The van der Waals surface area contributed by atoms with Gasteiger partial charge in [0.1, 0.15) is 11.5 Å². The molecule has 140 valence electrons. The van der Waals surface area contributed by atoms with Crippen LogP contribution in [0.2, 0.25) is 0 Å².